The third-order valence-corrected chi connectivity index (χ3v) is 2.76. The van der Waals surface area contributed by atoms with Gasteiger partial charge in [0.05, 0.1) is 6.42 Å². The van der Waals surface area contributed by atoms with Crippen molar-refractivity contribution in [2.24, 2.45) is 11.3 Å². The molecule has 0 aromatic heterocycles. The first-order valence-electron chi connectivity index (χ1n) is 5.88. The molecule has 0 spiro atoms. The number of Topliss-reactive ketones (excluding diaryl/α,β-unsaturated/α-hetero) is 2. The Balaban J connectivity index is 4.29. The molecule has 0 saturated carbocycles. The number of hydrogen-bond acceptors (Lipinski definition) is 2. The fourth-order valence-corrected chi connectivity index (χ4v) is 1.51. The summed E-state index contributed by atoms with van der Waals surface area (Å²) in [5.41, 5.74) is -0.389. The molecule has 0 aliphatic heterocycles. The number of carbonyl (C=O) groups is 2. The molecule has 15 heavy (non-hydrogen) atoms. The maximum atomic E-state index is 11.8. The zero-order chi connectivity index (χ0) is 12.1. The van der Waals surface area contributed by atoms with Gasteiger partial charge in [-0.1, -0.05) is 41.0 Å². The van der Waals surface area contributed by atoms with E-state index in [4.69, 9.17) is 0 Å². The van der Waals surface area contributed by atoms with Gasteiger partial charge in [0.1, 0.15) is 11.6 Å². The van der Waals surface area contributed by atoms with Crippen LogP contribution in [0.1, 0.15) is 60.3 Å². The Bertz CT molecular complexity index is 223. The number of hydrogen-bond donors (Lipinski definition) is 0. The summed E-state index contributed by atoms with van der Waals surface area (Å²) in [6.45, 7) is 9.68. The van der Waals surface area contributed by atoms with Crippen molar-refractivity contribution in [3.8, 4) is 0 Å². The summed E-state index contributed by atoms with van der Waals surface area (Å²) in [4.78, 5) is 23.5. The highest BCUT2D eigenvalue weighted by atomic mass is 16.1. The summed E-state index contributed by atoms with van der Waals surface area (Å²) in [5.74, 6) is 0.266. The second kappa shape index (κ2) is 6.04. The largest absolute Gasteiger partial charge is 0.299 e. The van der Waals surface area contributed by atoms with Crippen molar-refractivity contribution in [1.82, 2.24) is 0 Å². The predicted molar refractivity (Wildman–Crippen MR) is 62.8 cm³/mol. The second-order valence-electron chi connectivity index (χ2n) is 5.21. The first kappa shape index (κ1) is 14.3. The molecule has 0 rings (SSSR count). The first-order valence-corrected chi connectivity index (χ1v) is 5.88. The standard InChI is InChI=1S/C13H24O2/c1-6-8-10(7-2)11(14)9-12(15)13(3,4)5/h10H,6-9H2,1-5H3. The summed E-state index contributed by atoms with van der Waals surface area (Å²) in [6.07, 6.45) is 2.88. The molecule has 0 aliphatic rings. The van der Waals surface area contributed by atoms with E-state index in [2.05, 4.69) is 6.92 Å². The highest BCUT2D eigenvalue weighted by Crippen LogP contribution is 2.20. The Morgan fingerprint density at radius 1 is 1.13 bits per heavy atom. The van der Waals surface area contributed by atoms with Gasteiger partial charge >= 0.3 is 0 Å². The lowest BCUT2D eigenvalue weighted by Gasteiger charge is -2.18. The molecule has 0 fully saturated rings. The lowest BCUT2D eigenvalue weighted by atomic mass is 9.84. The molecule has 88 valence electrons. The highest BCUT2D eigenvalue weighted by molar-refractivity contribution is 6.02. The van der Waals surface area contributed by atoms with Gasteiger partial charge in [-0.2, -0.15) is 0 Å². The second-order valence-corrected chi connectivity index (χ2v) is 5.21. The van der Waals surface area contributed by atoms with Gasteiger partial charge in [0.15, 0.2) is 0 Å². The third kappa shape index (κ3) is 5.10. The molecule has 2 heteroatoms. The molecule has 2 nitrogen and oxygen atoms in total. The van der Waals surface area contributed by atoms with Gasteiger partial charge in [0, 0.05) is 11.3 Å². The molecule has 0 aromatic rings. The molecule has 0 heterocycles. The van der Waals surface area contributed by atoms with Crippen LogP contribution in [-0.4, -0.2) is 11.6 Å². The van der Waals surface area contributed by atoms with Crippen molar-refractivity contribution in [3.63, 3.8) is 0 Å². The average molecular weight is 212 g/mol. The van der Waals surface area contributed by atoms with Crippen LogP contribution in [0.5, 0.6) is 0 Å². The van der Waals surface area contributed by atoms with E-state index in [1.165, 1.54) is 0 Å². The van der Waals surface area contributed by atoms with Gasteiger partial charge in [0.2, 0.25) is 0 Å². The fourth-order valence-electron chi connectivity index (χ4n) is 1.51. The van der Waals surface area contributed by atoms with Gasteiger partial charge in [-0.3, -0.25) is 9.59 Å². The molecular weight excluding hydrogens is 188 g/mol. The normalized spacial score (nSPS) is 13.7. The van der Waals surface area contributed by atoms with Crippen LogP contribution in [0.3, 0.4) is 0 Å². The Labute approximate surface area is 93.4 Å². The van der Waals surface area contributed by atoms with E-state index < -0.39 is 0 Å². The van der Waals surface area contributed by atoms with Crippen LogP contribution in [0.2, 0.25) is 0 Å². The molecule has 0 bridgehead atoms. The van der Waals surface area contributed by atoms with Crippen molar-refractivity contribution in [1.29, 1.82) is 0 Å². The van der Waals surface area contributed by atoms with E-state index in [0.29, 0.717) is 0 Å². The maximum Gasteiger partial charge on any atom is 0.145 e. The maximum absolute atomic E-state index is 11.8. The van der Waals surface area contributed by atoms with Crippen molar-refractivity contribution in [3.05, 3.63) is 0 Å². The van der Waals surface area contributed by atoms with Crippen LogP contribution in [-0.2, 0) is 9.59 Å². The first-order chi connectivity index (χ1) is 6.82. The molecule has 1 atom stereocenters. The number of rotatable bonds is 6. The smallest absolute Gasteiger partial charge is 0.145 e. The van der Waals surface area contributed by atoms with Gasteiger partial charge in [0.25, 0.3) is 0 Å². The summed E-state index contributed by atoms with van der Waals surface area (Å²) in [7, 11) is 0. The van der Waals surface area contributed by atoms with E-state index in [0.717, 1.165) is 19.3 Å². The molecular formula is C13H24O2. The van der Waals surface area contributed by atoms with Crippen LogP contribution >= 0.6 is 0 Å². The third-order valence-electron chi connectivity index (χ3n) is 2.76. The molecule has 0 aromatic carbocycles. The fraction of sp³-hybridized carbons (Fsp3) is 0.846. The lowest BCUT2D eigenvalue weighted by molar-refractivity contribution is -0.133. The SMILES string of the molecule is CCCC(CC)C(=O)CC(=O)C(C)(C)C. The number of carbonyl (C=O) groups excluding carboxylic acids is 2. The highest BCUT2D eigenvalue weighted by Gasteiger charge is 2.26. The van der Waals surface area contributed by atoms with E-state index in [9.17, 15) is 9.59 Å². The lowest BCUT2D eigenvalue weighted by Crippen LogP contribution is -2.26. The summed E-state index contributed by atoms with van der Waals surface area (Å²) in [6, 6.07) is 0. The zero-order valence-corrected chi connectivity index (χ0v) is 10.7. The van der Waals surface area contributed by atoms with Crippen molar-refractivity contribution < 1.29 is 9.59 Å². The number of ketones is 2. The summed E-state index contributed by atoms with van der Waals surface area (Å²) >= 11 is 0. The molecule has 0 saturated heterocycles. The predicted octanol–water partition coefficient (Wildman–Crippen LogP) is 3.39. The summed E-state index contributed by atoms with van der Waals surface area (Å²) in [5, 5.41) is 0. The van der Waals surface area contributed by atoms with E-state index in [1.807, 2.05) is 27.7 Å². The Kier molecular flexibility index (Phi) is 5.77. The van der Waals surface area contributed by atoms with Crippen molar-refractivity contribution in [2.75, 3.05) is 0 Å². The molecule has 0 amide bonds. The van der Waals surface area contributed by atoms with Gasteiger partial charge in [-0.05, 0) is 12.8 Å². The van der Waals surface area contributed by atoms with Crippen LogP contribution < -0.4 is 0 Å². The molecule has 0 aliphatic carbocycles. The Hall–Kier alpha value is -0.660. The van der Waals surface area contributed by atoms with Gasteiger partial charge in [-0.15, -0.1) is 0 Å². The zero-order valence-electron chi connectivity index (χ0n) is 10.7. The van der Waals surface area contributed by atoms with E-state index >= 15 is 0 Å². The van der Waals surface area contributed by atoms with Crippen LogP contribution in [0.25, 0.3) is 0 Å². The van der Waals surface area contributed by atoms with E-state index in [1.54, 1.807) is 0 Å². The average Bonchev–Trinajstić information content (AvgIpc) is 2.12. The van der Waals surface area contributed by atoms with Crippen LogP contribution in [0, 0.1) is 11.3 Å². The minimum absolute atomic E-state index is 0.0575. The minimum atomic E-state index is -0.389. The molecule has 0 N–H and O–H groups in total. The summed E-state index contributed by atoms with van der Waals surface area (Å²) < 4.78 is 0. The molecule has 0 radical (unpaired) electrons. The van der Waals surface area contributed by atoms with Gasteiger partial charge < -0.3 is 0 Å². The Morgan fingerprint density at radius 3 is 2.00 bits per heavy atom. The van der Waals surface area contributed by atoms with Crippen molar-refractivity contribution in [2.45, 2.75) is 60.3 Å². The van der Waals surface area contributed by atoms with Crippen LogP contribution in [0.15, 0.2) is 0 Å². The molecule has 1 unspecified atom stereocenters. The minimum Gasteiger partial charge on any atom is -0.299 e. The van der Waals surface area contributed by atoms with Crippen LogP contribution in [0.4, 0.5) is 0 Å². The van der Waals surface area contributed by atoms with Crippen molar-refractivity contribution >= 4 is 11.6 Å². The van der Waals surface area contributed by atoms with Gasteiger partial charge in [-0.25, -0.2) is 0 Å². The Morgan fingerprint density at radius 2 is 1.67 bits per heavy atom. The monoisotopic (exact) mass is 212 g/mol. The quantitative estimate of drug-likeness (QED) is 0.632. The van der Waals surface area contributed by atoms with E-state index in [-0.39, 0.29) is 29.3 Å². The topological polar surface area (TPSA) is 34.1 Å².